The zero-order valence-electron chi connectivity index (χ0n) is 10.9. The number of ether oxygens (including phenoxy) is 1. The van der Waals surface area contributed by atoms with Crippen LogP contribution in [0.2, 0.25) is 0 Å². The molecule has 0 atom stereocenters. The van der Waals surface area contributed by atoms with Gasteiger partial charge in [-0.3, -0.25) is 4.40 Å². The molecule has 1 aromatic carbocycles. The van der Waals surface area contributed by atoms with Crippen LogP contribution in [-0.2, 0) is 6.61 Å². The summed E-state index contributed by atoms with van der Waals surface area (Å²) < 4.78 is 20.4. The lowest BCUT2D eigenvalue weighted by molar-refractivity contribution is 0.0688. The van der Waals surface area contributed by atoms with Crippen LogP contribution in [0.4, 0.5) is 4.39 Å². The second kappa shape index (κ2) is 5.24. The number of pyridine rings is 1. The lowest BCUT2D eigenvalue weighted by Gasteiger charge is -2.08. The van der Waals surface area contributed by atoms with E-state index in [1.165, 1.54) is 28.8 Å². The smallest absolute Gasteiger partial charge is 0.352 e. The van der Waals surface area contributed by atoms with Gasteiger partial charge < -0.3 is 9.84 Å². The number of carboxylic acid groups (broad SMARTS) is 1. The number of rotatable bonds is 4. The first-order valence-electron chi connectivity index (χ1n) is 6.23. The van der Waals surface area contributed by atoms with Crippen molar-refractivity contribution in [3.8, 4) is 5.75 Å². The predicted molar refractivity (Wildman–Crippen MR) is 72.9 cm³/mol. The average Bonchev–Trinajstić information content (AvgIpc) is 2.89. The molecule has 0 saturated carbocycles. The third-order valence-corrected chi connectivity index (χ3v) is 3.03. The van der Waals surface area contributed by atoms with Crippen LogP contribution in [0.25, 0.3) is 5.65 Å². The third kappa shape index (κ3) is 2.43. The van der Waals surface area contributed by atoms with Gasteiger partial charge >= 0.3 is 5.97 Å². The van der Waals surface area contributed by atoms with Gasteiger partial charge in [-0.1, -0.05) is 18.2 Å². The molecule has 0 fully saturated rings. The van der Waals surface area contributed by atoms with Crippen molar-refractivity contribution in [3.05, 3.63) is 65.9 Å². The number of benzene rings is 1. The Morgan fingerprint density at radius 1 is 1.24 bits per heavy atom. The molecule has 0 amide bonds. The maximum atomic E-state index is 13.5. The number of fused-ring (bicyclic) bond motifs is 1. The normalized spacial score (nSPS) is 10.7. The molecule has 0 bridgehead atoms. The SMILES string of the molecule is O=C(O)c1cccc2ncc(COc3ccccc3F)n12. The highest BCUT2D eigenvalue weighted by atomic mass is 19.1. The molecule has 0 spiro atoms. The van der Waals surface area contributed by atoms with E-state index >= 15 is 0 Å². The summed E-state index contributed by atoms with van der Waals surface area (Å²) in [5.74, 6) is -1.42. The predicted octanol–water partition coefficient (Wildman–Crippen LogP) is 2.75. The fourth-order valence-corrected chi connectivity index (χ4v) is 2.08. The van der Waals surface area contributed by atoms with Gasteiger partial charge in [-0.25, -0.2) is 14.2 Å². The van der Waals surface area contributed by atoms with Crippen molar-refractivity contribution < 1.29 is 19.0 Å². The van der Waals surface area contributed by atoms with Crippen molar-refractivity contribution in [2.45, 2.75) is 6.61 Å². The molecule has 2 aromatic heterocycles. The van der Waals surface area contributed by atoms with Crippen LogP contribution in [0.1, 0.15) is 16.2 Å². The maximum Gasteiger partial charge on any atom is 0.352 e. The molecule has 21 heavy (non-hydrogen) atoms. The lowest BCUT2D eigenvalue weighted by Crippen LogP contribution is -2.09. The van der Waals surface area contributed by atoms with Crippen molar-refractivity contribution in [1.82, 2.24) is 9.38 Å². The first kappa shape index (κ1) is 13.1. The maximum absolute atomic E-state index is 13.5. The highest BCUT2D eigenvalue weighted by Crippen LogP contribution is 2.18. The molecular formula is C15H11FN2O3. The van der Waals surface area contributed by atoms with E-state index < -0.39 is 11.8 Å². The highest BCUT2D eigenvalue weighted by molar-refractivity contribution is 5.86. The Morgan fingerprint density at radius 2 is 2.05 bits per heavy atom. The van der Waals surface area contributed by atoms with E-state index in [2.05, 4.69) is 4.98 Å². The highest BCUT2D eigenvalue weighted by Gasteiger charge is 2.13. The molecule has 0 aliphatic rings. The molecule has 0 aliphatic carbocycles. The summed E-state index contributed by atoms with van der Waals surface area (Å²) in [6.45, 7) is 0.0202. The third-order valence-electron chi connectivity index (χ3n) is 3.03. The van der Waals surface area contributed by atoms with E-state index in [0.29, 0.717) is 11.3 Å². The second-order valence-corrected chi connectivity index (χ2v) is 4.38. The minimum absolute atomic E-state index is 0.0202. The Labute approximate surface area is 119 Å². The Kier molecular flexibility index (Phi) is 3.27. The van der Waals surface area contributed by atoms with Gasteiger partial charge in [0.05, 0.1) is 11.9 Å². The number of para-hydroxylation sites is 1. The molecule has 3 rings (SSSR count). The van der Waals surface area contributed by atoms with E-state index in [4.69, 9.17) is 4.74 Å². The molecule has 5 nitrogen and oxygen atoms in total. The van der Waals surface area contributed by atoms with E-state index in [9.17, 15) is 14.3 Å². The van der Waals surface area contributed by atoms with Crippen LogP contribution in [0.5, 0.6) is 5.75 Å². The number of aromatic carboxylic acids is 1. The lowest BCUT2D eigenvalue weighted by atomic mass is 10.3. The molecule has 0 unspecified atom stereocenters. The molecule has 0 saturated heterocycles. The van der Waals surface area contributed by atoms with E-state index in [-0.39, 0.29) is 18.1 Å². The second-order valence-electron chi connectivity index (χ2n) is 4.38. The van der Waals surface area contributed by atoms with Crippen molar-refractivity contribution in [1.29, 1.82) is 0 Å². The molecule has 2 heterocycles. The zero-order valence-corrected chi connectivity index (χ0v) is 10.9. The molecule has 106 valence electrons. The van der Waals surface area contributed by atoms with Crippen LogP contribution in [0, 0.1) is 5.82 Å². The van der Waals surface area contributed by atoms with Crippen molar-refractivity contribution in [3.63, 3.8) is 0 Å². The van der Waals surface area contributed by atoms with Crippen molar-refractivity contribution in [2.24, 2.45) is 0 Å². The number of hydrogen-bond donors (Lipinski definition) is 1. The fraction of sp³-hybridized carbons (Fsp3) is 0.0667. The first-order valence-corrected chi connectivity index (χ1v) is 6.23. The monoisotopic (exact) mass is 286 g/mol. The number of nitrogens with zero attached hydrogens (tertiary/aromatic N) is 2. The first-order chi connectivity index (χ1) is 10.2. The van der Waals surface area contributed by atoms with Crippen LogP contribution in [0.15, 0.2) is 48.7 Å². The van der Waals surface area contributed by atoms with Crippen molar-refractivity contribution >= 4 is 11.6 Å². The van der Waals surface area contributed by atoms with Crippen LogP contribution < -0.4 is 4.74 Å². The van der Waals surface area contributed by atoms with Gasteiger partial charge in [0.25, 0.3) is 0 Å². The van der Waals surface area contributed by atoms with Crippen LogP contribution in [0.3, 0.4) is 0 Å². The molecule has 6 heteroatoms. The van der Waals surface area contributed by atoms with Crippen LogP contribution >= 0.6 is 0 Å². The van der Waals surface area contributed by atoms with E-state index in [0.717, 1.165) is 0 Å². The van der Waals surface area contributed by atoms with Gasteiger partial charge in [-0.2, -0.15) is 0 Å². The molecular weight excluding hydrogens is 275 g/mol. The molecule has 3 aromatic rings. The summed E-state index contributed by atoms with van der Waals surface area (Å²) in [5, 5.41) is 9.21. The number of aromatic nitrogens is 2. The average molecular weight is 286 g/mol. The number of halogens is 1. The molecule has 0 aliphatic heterocycles. The van der Waals surface area contributed by atoms with Gasteiger partial charge in [-0.15, -0.1) is 0 Å². The molecule has 1 N–H and O–H groups in total. The summed E-state index contributed by atoms with van der Waals surface area (Å²) in [6.07, 6.45) is 1.52. The summed E-state index contributed by atoms with van der Waals surface area (Å²) in [7, 11) is 0. The van der Waals surface area contributed by atoms with Gasteiger partial charge in [0.15, 0.2) is 11.6 Å². The summed E-state index contributed by atoms with van der Waals surface area (Å²) >= 11 is 0. The minimum atomic E-state index is -1.06. The van der Waals surface area contributed by atoms with Gasteiger partial charge in [0.1, 0.15) is 17.9 Å². The summed E-state index contributed by atoms with van der Waals surface area (Å²) in [5.41, 5.74) is 1.12. The topological polar surface area (TPSA) is 63.8 Å². The Morgan fingerprint density at radius 3 is 2.81 bits per heavy atom. The minimum Gasteiger partial charge on any atom is -0.484 e. The Bertz CT molecular complexity index is 814. The van der Waals surface area contributed by atoms with Crippen LogP contribution in [-0.4, -0.2) is 20.5 Å². The quantitative estimate of drug-likeness (QED) is 0.801. The number of imidazole rings is 1. The summed E-state index contributed by atoms with van der Waals surface area (Å²) in [4.78, 5) is 15.4. The molecule has 0 radical (unpaired) electrons. The van der Waals surface area contributed by atoms with Gasteiger partial charge in [0.2, 0.25) is 0 Å². The number of carboxylic acids is 1. The fourth-order valence-electron chi connectivity index (χ4n) is 2.08. The van der Waals surface area contributed by atoms with E-state index in [1.807, 2.05) is 0 Å². The number of carbonyl (C=O) groups is 1. The van der Waals surface area contributed by atoms with E-state index in [1.54, 1.807) is 24.3 Å². The largest absolute Gasteiger partial charge is 0.484 e. The van der Waals surface area contributed by atoms with Gasteiger partial charge in [-0.05, 0) is 24.3 Å². The number of hydrogen-bond acceptors (Lipinski definition) is 3. The summed E-state index contributed by atoms with van der Waals surface area (Å²) in [6, 6.07) is 10.8. The zero-order chi connectivity index (χ0) is 14.8. The van der Waals surface area contributed by atoms with Gasteiger partial charge in [0, 0.05) is 0 Å². The van der Waals surface area contributed by atoms with Crippen molar-refractivity contribution in [2.75, 3.05) is 0 Å². The Balaban J connectivity index is 1.95. The Hall–Kier alpha value is -2.89. The standard InChI is InChI=1S/C15H11FN2O3/c16-11-4-1-2-6-13(11)21-9-10-8-17-14-7-3-5-12(15(19)20)18(10)14/h1-8H,9H2,(H,19,20).